The van der Waals surface area contributed by atoms with Gasteiger partial charge in [0.05, 0.1) is 12.6 Å². The van der Waals surface area contributed by atoms with E-state index in [2.05, 4.69) is 41.5 Å². The van der Waals surface area contributed by atoms with Gasteiger partial charge in [-0.1, -0.05) is 30.3 Å². The maximum atomic E-state index is 5.30. The fourth-order valence-electron chi connectivity index (χ4n) is 1.75. The number of hydrogen-bond acceptors (Lipinski definition) is 3. The zero-order valence-electron chi connectivity index (χ0n) is 10.4. The number of rotatable bonds is 7. The molecular formula is C13H22N2O. The summed E-state index contributed by atoms with van der Waals surface area (Å²) in [5, 5.41) is 3.16. The van der Waals surface area contributed by atoms with Gasteiger partial charge >= 0.3 is 0 Å². The second-order valence-electron chi connectivity index (χ2n) is 3.97. The molecule has 3 nitrogen and oxygen atoms in total. The van der Waals surface area contributed by atoms with E-state index < -0.39 is 0 Å². The van der Waals surface area contributed by atoms with E-state index in [1.54, 1.807) is 7.11 Å². The summed E-state index contributed by atoms with van der Waals surface area (Å²) in [6, 6.07) is 10.8. The minimum atomic E-state index is 0.333. The fourth-order valence-corrected chi connectivity index (χ4v) is 1.75. The minimum absolute atomic E-state index is 0.333. The molecule has 0 amide bonds. The summed E-state index contributed by atoms with van der Waals surface area (Å²) in [6.45, 7) is 2.73. The Bertz CT molecular complexity index is 277. The second-order valence-corrected chi connectivity index (χ2v) is 3.97. The second kappa shape index (κ2) is 7.39. The zero-order valence-corrected chi connectivity index (χ0v) is 10.4. The lowest BCUT2D eigenvalue weighted by atomic mass is 10.1. The average Bonchev–Trinajstić information content (AvgIpc) is 2.34. The SMILES string of the molecule is CNCCN(C)C(COC)c1ccccc1. The first-order valence-electron chi connectivity index (χ1n) is 5.68. The van der Waals surface area contributed by atoms with E-state index in [1.165, 1.54) is 5.56 Å². The van der Waals surface area contributed by atoms with Crippen molar-refractivity contribution in [3.05, 3.63) is 35.9 Å². The highest BCUT2D eigenvalue weighted by Gasteiger charge is 2.15. The number of likely N-dealkylation sites (N-methyl/N-ethyl adjacent to an activating group) is 2. The third kappa shape index (κ3) is 3.93. The van der Waals surface area contributed by atoms with Crippen LogP contribution in [0.25, 0.3) is 0 Å². The van der Waals surface area contributed by atoms with Gasteiger partial charge in [0.25, 0.3) is 0 Å². The molecule has 0 aliphatic carbocycles. The first-order chi connectivity index (χ1) is 7.79. The Kier molecular flexibility index (Phi) is 6.08. The Morgan fingerprint density at radius 3 is 2.56 bits per heavy atom. The highest BCUT2D eigenvalue weighted by atomic mass is 16.5. The van der Waals surface area contributed by atoms with E-state index in [-0.39, 0.29) is 0 Å². The summed E-state index contributed by atoms with van der Waals surface area (Å²) in [5.41, 5.74) is 1.31. The largest absolute Gasteiger partial charge is 0.383 e. The molecular weight excluding hydrogens is 200 g/mol. The molecule has 16 heavy (non-hydrogen) atoms. The van der Waals surface area contributed by atoms with Gasteiger partial charge < -0.3 is 10.1 Å². The van der Waals surface area contributed by atoms with Crippen LogP contribution in [0.2, 0.25) is 0 Å². The maximum Gasteiger partial charge on any atom is 0.0659 e. The van der Waals surface area contributed by atoms with E-state index >= 15 is 0 Å². The van der Waals surface area contributed by atoms with Crippen molar-refractivity contribution in [2.75, 3.05) is 40.9 Å². The standard InChI is InChI=1S/C13H22N2O/c1-14-9-10-15(2)13(11-16-3)12-7-5-4-6-8-12/h4-8,13-14H,9-11H2,1-3H3. The fraction of sp³-hybridized carbons (Fsp3) is 0.538. The van der Waals surface area contributed by atoms with Crippen molar-refractivity contribution >= 4 is 0 Å². The number of nitrogens with zero attached hydrogens (tertiary/aromatic N) is 1. The summed E-state index contributed by atoms with van der Waals surface area (Å²) < 4.78 is 5.30. The van der Waals surface area contributed by atoms with Gasteiger partial charge in [0.2, 0.25) is 0 Å². The van der Waals surface area contributed by atoms with Gasteiger partial charge in [-0.3, -0.25) is 4.90 Å². The van der Waals surface area contributed by atoms with E-state index in [1.807, 2.05) is 13.1 Å². The molecule has 1 atom stereocenters. The Morgan fingerprint density at radius 2 is 2.00 bits per heavy atom. The molecule has 1 rings (SSSR count). The van der Waals surface area contributed by atoms with Crippen molar-refractivity contribution in [2.45, 2.75) is 6.04 Å². The Balaban J connectivity index is 2.66. The van der Waals surface area contributed by atoms with Crippen molar-refractivity contribution < 1.29 is 4.74 Å². The summed E-state index contributed by atoms with van der Waals surface area (Å²) in [5.74, 6) is 0. The lowest BCUT2D eigenvalue weighted by Gasteiger charge is -2.27. The first kappa shape index (κ1) is 13.2. The van der Waals surface area contributed by atoms with Crippen LogP contribution in [0.1, 0.15) is 11.6 Å². The molecule has 0 heterocycles. The average molecular weight is 222 g/mol. The topological polar surface area (TPSA) is 24.5 Å². The molecule has 0 aromatic heterocycles. The van der Waals surface area contributed by atoms with Crippen LogP contribution in [-0.4, -0.2) is 45.8 Å². The highest BCUT2D eigenvalue weighted by molar-refractivity contribution is 5.19. The van der Waals surface area contributed by atoms with Crippen molar-refractivity contribution in [3.8, 4) is 0 Å². The van der Waals surface area contributed by atoms with Crippen molar-refractivity contribution in [3.63, 3.8) is 0 Å². The number of hydrogen-bond donors (Lipinski definition) is 1. The summed E-state index contributed by atoms with van der Waals surface area (Å²) >= 11 is 0. The lowest BCUT2D eigenvalue weighted by molar-refractivity contribution is 0.107. The monoisotopic (exact) mass is 222 g/mol. The van der Waals surface area contributed by atoms with Crippen LogP contribution in [0.3, 0.4) is 0 Å². The lowest BCUT2D eigenvalue weighted by Crippen LogP contribution is -2.33. The quantitative estimate of drug-likeness (QED) is 0.757. The summed E-state index contributed by atoms with van der Waals surface area (Å²) in [7, 11) is 5.86. The van der Waals surface area contributed by atoms with Crippen molar-refractivity contribution in [1.82, 2.24) is 10.2 Å². The molecule has 0 bridgehead atoms. The highest BCUT2D eigenvalue weighted by Crippen LogP contribution is 2.18. The molecule has 1 aromatic rings. The number of methoxy groups -OCH3 is 1. The van der Waals surface area contributed by atoms with Crippen LogP contribution in [-0.2, 0) is 4.74 Å². The van der Waals surface area contributed by atoms with Crippen LogP contribution >= 0.6 is 0 Å². The predicted octanol–water partition coefficient (Wildman–Crippen LogP) is 1.53. The van der Waals surface area contributed by atoms with Crippen molar-refractivity contribution in [1.29, 1.82) is 0 Å². The first-order valence-corrected chi connectivity index (χ1v) is 5.68. The summed E-state index contributed by atoms with van der Waals surface area (Å²) in [6.07, 6.45) is 0. The van der Waals surface area contributed by atoms with Gasteiger partial charge in [-0.25, -0.2) is 0 Å². The van der Waals surface area contributed by atoms with E-state index in [4.69, 9.17) is 4.74 Å². The molecule has 0 aliphatic rings. The Labute approximate surface area is 98.4 Å². The van der Waals surface area contributed by atoms with Crippen LogP contribution in [0.15, 0.2) is 30.3 Å². The van der Waals surface area contributed by atoms with Gasteiger partial charge in [-0.15, -0.1) is 0 Å². The molecule has 1 unspecified atom stereocenters. The number of nitrogens with one attached hydrogen (secondary N) is 1. The third-order valence-electron chi connectivity index (χ3n) is 2.76. The zero-order chi connectivity index (χ0) is 11.8. The van der Waals surface area contributed by atoms with E-state index in [9.17, 15) is 0 Å². The molecule has 3 heteroatoms. The van der Waals surface area contributed by atoms with Crippen LogP contribution in [0, 0.1) is 0 Å². The van der Waals surface area contributed by atoms with Crippen LogP contribution in [0.5, 0.6) is 0 Å². The van der Waals surface area contributed by atoms with Crippen LogP contribution in [0.4, 0.5) is 0 Å². The smallest absolute Gasteiger partial charge is 0.0659 e. The molecule has 1 N–H and O–H groups in total. The molecule has 0 fully saturated rings. The Morgan fingerprint density at radius 1 is 1.31 bits per heavy atom. The number of ether oxygens (including phenoxy) is 1. The van der Waals surface area contributed by atoms with Crippen molar-refractivity contribution in [2.24, 2.45) is 0 Å². The molecule has 90 valence electrons. The molecule has 0 saturated heterocycles. The molecule has 0 saturated carbocycles. The van der Waals surface area contributed by atoms with Gasteiger partial charge in [0.15, 0.2) is 0 Å². The molecule has 0 aliphatic heterocycles. The third-order valence-corrected chi connectivity index (χ3v) is 2.76. The molecule has 0 spiro atoms. The minimum Gasteiger partial charge on any atom is -0.383 e. The number of benzene rings is 1. The maximum absolute atomic E-state index is 5.30. The predicted molar refractivity (Wildman–Crippen MR) is 67.6 cm³/mol. The molecule has 0 radical (unpaired) electrons. The van der Waals surface area contributed by atoms with Gasteiger partial charge in [0, 0.05) is 20.2 Å². The van der Waals surface area contributed by atoms with E-state index in [0.29, 0.717) is 6.04 Å². The molecule has 1 aromatic carbocycles. The van der Waals surface area contributed by atoms with Gasteiger partial charge in [-0.2, -0.15) is 0 Å². The van der Waals surface area contributed by atoms with Gasteiger partial charge in [-0.05, 0) is 19.7 Å². The van der Waals surface area contributed by atoms with Crippen LogP contribution < -0.4 is 5.32 Å². The van der Waals surface area contributed by atoms with Gasteiger partial charge in [0.1, 0.15) is 0 Å². The normalized spacial score (nSPS) is 13.0. The van der Waals surface area contributed by atoms with E-state index in [0.717, 1.165) is 19.7 Å². The summed E-state index contributed by atoms with van der Waals surface area (Å²) in [4.78, 5) is 2.31. The Hall–Kier alpha value is -0.900.